The summed E-state index contributed by atoms with van der Waals surface area (Å²) in [4.78, 5) is 25.1. The van der Waals surface area contributed by atoms with Gasteiger partial charge in [-0.2, -0.15) is 0 Å². The standard InChI is InChI=1S/C12H19NO3/c1-12(2,3)16-11(15)13-8-4-5-10(14)7-9(13)6-8/h8-9H,4-7H2,1-3H3/t8-,9-/m0/s1. The van der Waals surface area contributed by atoms with Crippen LogP contribution in [0.5, 0.6) is 0 Å². The van der Waals surface area contributed by atoms with E-state index in [2.05, 4.69) is 0 Å². The van der Waals surface area contributed by atoms with Gasteiger partial charge in [-0.3, -0.25) is 4.79 Å². The highest BCUT2D eigenvalue weighted by molar-refractivity contribution is 5.81. The van der Waals surface area contributed by atoms with Gasteiger partial charge >= 0.3 is 6.09 Å². The maximum atomic E-state index is 11.9. The molecule has 2 aliphatic heterocycles. The van der Waals surface area contributed by atoms with Gasteiger partial charge < -0.3 is 9.64 Å². The van der Waals surface area contributed by atoms with Crippen LogP contribution in [0.2, 0.25) is 0 Å². The Morgan fingerprint density at radius 1 is 1.38 bits per heavy atom. The van der Waals surface area contributed by atoms with Crippen molar-refractivity contribution >= 4 is 11.9 Å². The first-order valence-electron chi connectivity index (χ1n) is 5.90. The predicted molar refractivity (Wildman–Crippen MR) is 59.1 cm³/mol. The predicted octanol–water partition coefficient (Wildman–Crippen LogP) is 2.12. The number of rotatable bonds is 0. The second-order valence-corrected chi connectivity index (χ2v) is 5.71. The van der Waals surface area contributed by atoms with E-state index in [1.165, 1.54) is 0 Å². The molecule has 4 nitrogen and oxygen atoms in total. The molecule has 2 heterocycles. The van der Waals surface area contributed by atoms with Gasteiger partial charge in [-0.15, -0.1) is 0 Å². The molecule has 0 aromatic rings. The topological polar surface area (TPSA) is 46.6 Å². The molecule has 0 aromatic heterocycles. The van der Waals surface area contributed by atoms with Crippen LogP contribution >= 0.6 is 0 Å². The van der Waals surface area contributed by atoms with Crippen LogP contribution in [0.1, 0.15) is 46.5 Å². The summed E-state index contributed by atoms with van der Waals surface area (Å²) in [7, 11) is 0. The van der Waals surface area contributed by atoms with Gasteiger partial charge in [0, 0.05) is 24.9 Å². The molecule has 2 bridgehead atoms. The van der Waals surface area contributed by atoms with Gasteiger partial charge in [-0.25, -0.2) is 4.79 Å². The molecule has 0 aromatic carbocycles. The van der Waals surface area contributed by atoms with E-state index in [1.807, 2.05) is 20.8 Å². The van der Waals surface area contributed by atoms with Gasteiger partial charge in [0.1, 0.15) is 11.4 Å². The zero-order chi connectivity index (χ0) is 11.9. The van der Waals surface area contributed by atoms with E-state index >= 15 is 0 Å². The SMILES string of the molecule is CC(C)(C)OC(=O)N1[C@@H]2CC(=O)CC[C@H]1C2. The lowest BCUT2D eigenvalue weighted by Crippen LogP contribution is -2.58. The van der Waals surface area contributed by atoms with Crippen molar-refractivity contribution in [2.75, 3.05) is 0 Å². The molecule has 0 spiro atoms. The summed E-state index contributed by atoms with van der Waals surface area (Å²) in [5.41, 5.74) is -0.458. The van der Waals surface area contributed by atoms with Gasteiger partial charge in [0.15, 0.2) is 0 Å². The first kappa shape index (κ1) is 11.4. The number of Topliss-reactive ketones (excluding diaryl/α,β-unsaturated/α-hetero) is 1. The second-order valence-electron chi connectivity index (χ2n) is 5.71. The lowest BCUT2D eigenvalue weighted by Gasteiger charge is -2.46. The summed E-state index contributed by atoms with van der Waals surface area (Å²) in [5, 5.41) is 0. The Labute approximate surface area is 95.9 Å². The lowest BCUT2D eigenvalue weighted by atomic mass is 9.92. The average Bonchev–Trinajstić information content (AvgIpc) is 2.30. The van der Waals surface area contributed by atoms with Gasteiger partial charge in [0.2, 0.25) is 0 Å². The van der Waals surface area contributed by atoms with Crippen LogP contribution in [-0.2, 0) is 9.53 Å². The third kappa shape index (κ3) is 2.20. The molecule has 1 amide bonds. The molecule has 3 rings (SSSR count). The lowest BCUT2D eigenvalue weighted by molar-refractivity contribution is -0.119. The molecule has 3 aliphatic rings. The van der Waals surface area contributed by atoms with E-state index in [9.17, 15) is 9.59 Å². The van der Waals surface area contributed by atoms with Crippen LogP contribution < -0.4 is 0 Å². The average molecular weight is 225 g/mol. The van der Waals surface area contributed by atoms with Crippen molar-refractivity contribution < 1.29 is 14.3 Å². The molecule has 1 saturated carbocycles. The van der Waals surface area contributed by atoms with Gasteiger partial charge in [0.25, 0.3) is 0 Å². The van der Waals surface area contributed by atoms with Crippen molar-refractivity contribution in [2.45, 2.75) is 64.1 Å². The molecule has 0 unspecified atom stereocenters. The Bertz CT molecular complexity index is 319. The number of carbonyl (C=O) groups excluding carboxylic acids is 2. The molecule has 0 N–H and O–H groups in total. The number of ether oxygens (including phenoxy) is 1. The van der Waals surface area contributed by atoms with Crippen LogP contribution in [0.4, 0.5) is 4.79 Å². The molecule has 90 valence electrons. The molecular formula is C12H19NO3. The maximum absolute atomic E-state index is 11.9. The summed E-state index contributed by atoms with van der Waals surface area (Å²) in [6.45, 7) is 5.58. The van der Waals surface area contributed by atoms with Crippen molar-refractivity contribution in [2.24, 2.45) is 0 Å². The Morgan fingerprint density at radius 2 is 2.06 bits per heavy atom. The highest BCUT2D eigenvalue weighted by Crippen LogP contribution is 2.36. The normalized spacial score (nSPS) is 29.4. The highest BCUT2D eigenvalue weighted by atomic mass is 16.6. The van der Waals surface area contributed by atoms with Gasteiger partial charge in [-0.05, 0) is 33.6 Å². The number of hydrogen-bond donors (Lipinski definition) is 0. The molecular weight excluding hydrogens is 206 g/mol. The largest absolute Gasteiger partial charge is 0.444 e. The number of nitrogens with zero attached hydrogens (tertiary/aromatic N) is 1. The summed E-state index contributed by atoms with van der Waals surface area (Å²) >= 11 is 0. The zero-order valence-electron chi connectivity index (χ0n) is 10.2. The van der Waals surface area contributed by atoms with E-state index in [1.54, 1.807) is 4.90 Å². The first-order chi connectivity index (χ1) is 7.37. The van der Waals surface area contributed by atoms with Crippen molar-refractivity contribution in [3.05, 3.63) is 0 Å². The third-order valence-corrected chi connectivity index (χ3v) is 3.15. The fourth-order valence-electron chi connectivity index (χ4n) is 2.45. The van der Waals surface area contributed by atoms with E-state index in [4.69, 9.17) is 4.74 Å². The van der Waals surface area contributed by atoms with E-state index in [0.717, 1.165) is 12.8 Å². The second kappa shape index (κ2) is 3.75. The molecule has 16 heavy (non-hydrogen) atoms. The van der Waals surface area contributed by atoms with Crippen LogP contribution in [0.25, 0.3) is 0 Å². The fourth-order valence-corrected chi connectivity index (χ4v) is 2.45. The number of carbonyl (C=O) groups is 2. The molecule has 2 atom stereocenters. The van der Waals surface area contributed by atoms with E-state index < -0.39 is 5.60 Å². The summed E-state index contributed by atoms with van der Waals surface area (Å²) in [6, 6.07) is 0.321. The number of fused-ring (bicyclic) bond motifs is 3. The van der Waals surface area contributed by atoms with Crippen LogP contribution in [0, 0.1) is 0 Å². The molecule has 3 fully saturated rings. The summed E-state index contributed by atoms with van der Waals surface area (Å²) in [5.74, 6) is 0.276. The Balaban J connectivity index is 2.01. The maximum Gasteiger partial charge on any atom is 0.410 e. The first-order valence-corrected chi connectivity index (χ1v) is 5.90. The molecule has 4 heteroatoms. The minimum atomic E-state index is -0.458. The summed E-state index contributed by atoms with van der Waals surface area (Å²) in [6.07, 6.45) is 2.62. The quantitative estimate of drug-likeness (QED) is 0.634. The van der Waals surface area contributed by atoms with E-state index in [-0.39, 0.29) is 24.0 Å². The van der Waals surface area contributed by atoms with E-state index in [0.29, 0.717) is 12.8 Å². The monoisotopic (exact) mass is 225 g/mol. The number of hydrogen-bond acceptors (Lipinski definition) is 3. The fraction of sp³-hybridized carbons (Fsp3) is 0.833. The minimum Gasteiger partial charge on any atom is -0.444 e. The molecule has 2 saturated heterocycles. The third-order valence-electron chi connectivity index (χ3n) is 3.15. The smallest absolute Gasteiger partial charge is 0.410 e. The summed E-state index contributed by atoms with van der Waals surface area (Å²) < 4.78 is 5.34. The van der Waals surface area contributed by atoms with Gasteiger partial charge in [-0.1, -0.05) is 0 Å². The van der Waals surface area contributed by atoms with Crippen LogP contribution in [0.3, 0.4) is 0 Å². The van der Waals surface area contributed by atoms with Crippen LogP contribution in [0.15, 0.2) is 0 Å². The van der Waals surface area contributed by atoms with Crippen molar-refractivity contribution in [3.63, 3.8) is 0 Å². The molecule has 0 radical (unpaired) electrons. The van der Waals surface area contributed by atoms with Crippen molar-refractivity contribution in [1.29, 1.82) is 0 Å². The highest BCUT2D eigenvalue weighted by Gasteiger charge is 2.46. The van der Waals surface area contributed by atoms with Crippen molar-refractivity contribution in [1.82, 2.24) is 4.90 Å². The number of ketones is 1. The Morgan fingerprint density at radius 3 is 2.69 bits per heavy atom. The van der Waals surface area contributed by atoms with Gasteiger partial charge in [0.05, 0.1) is 0 Å². The van der Waals surface area contributed by atoms with Crippen LogP contribution in [-0.4, -0.2) is 34.5 Å². The Hall–Kier alpha value is -1.06. The number of amides is 1. The molecule has 1 aliphatic carbocycles. The zero-order valence-corrected chi connectivity index (χ0v) is 10.2. The van der Waals surface area contributed by atoms with Crippen molar-refractivity contribution in [3.8, 4) is 0 Å². The Kier molecular flexibility index (Phi) is 2.68. The minimum absolute atomic E-state index is 0.0925.